The van der Waals surface area contributed by atoms with Crippen molar-refractivity contribution < 1.29 is 38.1 Å². The normalized spacial score (nSPS) is 16.1. The first-order valence-electron chi connectivity index (χ1n) is 17.1. The number of ether oxygens (including phenoxy) is 3. The molecule has 15 heteroatoms. The van der Waals surface area contributed by atoms with Gasteiger partial charge < -0.3 is 38.6 Å². The molecule has 1 atom stereocenters. The van der Waals surface area contributed by atoms with Crippen molar-refractivity contribution in [1.82, 2.24) is 24.1 Å². The molecule has 1 fully saturated rings. The van der Waals surface area contributed by atoms with Gasteiger partial charge >= 0.3 is 12.1 Å². The van der Waals surface area contributed by atoms with Gasteiger partial charge in [0.2, 0.25) is 0 Å². The molecule has 3 aromatic rings. The van der Waals surface area contributed by atoms with Gasteiger partial charge in [-0.2, -0.15) is 0 Å². The fourth-order valence-corrected chi connectivity index (χ4v) is 6.18. The first-order valence-corrected chi connectivity index (χ1v) is 17.1. The molecular formula is C35H49FN6O8. The highest BCUT2D eigenvalue weighted by molar-refractivity contribution is 6.07. The summed E-state index contributed by atoms with van der Waals surface area (Å²) in [5.74, 6) is -1.03. The van der Waals surface area contributed by atoms with Crippen LogP contribution >= 0.6 is 0 Å². The lowest BCUT2D eigenvalue weighted by atomic mass is 10.2. The Morgan fingerprint density at radius 1 is 1.10 bits per heavy atom. The van der Waals surface area contributed by atoms with Crippen molar-refractivity contribution in [2.24, 2.45) is 0 Å². The molecule has 274 valence electrons. The van der Waals surface area contributed by atoms with Gasteiger partial charge in [0.15, 0.2) is 17.3 Å². The number of carbonyl (C=O) groups excluding carboxylic acids is 2. The number of methoxy groups -OCH3 is 1. The van der Waals surface area contributed by atoms with Crippen molar-refractivity contribution in [3.05, 3.63) is 45.6 Å². The van der Waals surface area contributed by atoms with E-state index in [2.05, 4.69) is 0 Å². The number of aromatic nitrogens is 3. The Morgan fingerprint density at radius 2 is 1.78 bits per heavy atom. The monoisotopic (exact) mass is 700 g/mol. The number of hydrogen-bond acceptors (Lipinski definition) is 9. The minimum Gasteiger partial charge on any atom is -0.493 e. The SMILES string of the molecule is CC.CCN1C[C@H](C)n2c(c(OC)c3c(=O)n(Cc4ccc(F)cc4OCCCC(=O)O)nc(N4CCN(C(=O)OC(C)(C)C)CC4)c32)C1=O. The Hall–Kier alpha value is -4.82. The predicted octanol–water partition coefficient (Wildman–Crippen LogP) is 4.76. The van der Waals surface area contributed by atoms with E-state index >= 15 is 0 Å². The second-order valence-corrected chi connectivity index (χ2v) is 13.0. The number of carboxylic acids is 1. The topological polar surface area (TPSA) is 149 Å². The van der Waals surface area contributed by atoms with Crippen LogP contribution in [-0.2, 0) is 16.1 Å². The predicted molar refractivity (Wildman–Crippen MR) is 186 cm³/mol. The molecule has 0 aliphatic carbocycles. The number of fused-ring (bicyclic) bond motifs is 3. The maximum Gasteiger partial charge on any atom is 0.410 e. The van der Waals surface area contributed by atoms with E-state index in [0.717, 1.165) is 0 Å². The summed E-state index contributed by atoms with van der Waals surface area (Å²) in [6.07, 6.45) is -0.319. The van der Waals surface area contributed by atoms with Crippen LogP contribution in [0.25, 0.3) is 10.9 Å². The molecule has 0 unspecified atom stereocenters. The average molecular weight is 701 g/mol. The van der Waals surface area contributed by atoms with Gasteiger partial charge in [-0.1, -0.05) is 19.9 Å². The molecular weight excluding hydrogens is 651 g/mol. The maximum atomic E-state index is 14.3. The molecule has 2 aliphatic heterocycles. The molecule has 0 spiro atoms. The van der Waals surface area contributed by atoms with E-state index in [0.29, 0.717) is 56.2 Å². The summed E-state index contributed by atoms with van der Waals surface area (Å²) in [6, 6.07) is 3.72. The highest BCUT2D eigenvalue weighted by Crippen LogP contribution is 2.41. The van der Waals surface area contributed by atoms with Crippen LogP contribution in [0, 0.1) is 5.82 Å². The fraction of sp³-hybridized carbons (Fsp3) is 0.571. The summed E-state index contributed by atoms with van der Waals surface area (Å²) in [4.78, 5) is 57.1. The molecule has 4 heterocycles. The first kappa shape index (κ1) is 38.0. The summed E-state index contributed by atoms with van der Waals surface area (Å²) in [7, 11) is 1.42. The third-order valence-corrected chi connectivity index (χ3v) is 8.41. The molecule has 50 heavy (non-hydrogen) atoms. The van der Waals surface area contributed by atoms with E-state index in [1.807, 2.05) is 57.9 Å². The van der Waals surface area contributed by atoms with Gasteiger partial charge in [-0.05, 0) is 47.1 Å². The van der Waals surface area contributed by atoms with Crippen molar-refractivity contribution in [3.63, 3.8) is 0 Å². The molecule has 2 amide bonds. The van der Waals surface area contributed by atoms with Gasteiger partial charge in [0.05, 0.1) is 20.3 Å². The Morgan fingerprint density at radius 3 is 2.38 bits per heavy atom. The van der Waals surface area contributed by atoms with Crippen LogP contribution < -0.4 is 19.9 Å². The van der Waals surface area contributed by atoms with Gasteiger partial charge in [0.1, 0.15) is 28.1 Å². The lowest BCUT2D eigenvalue weighted by molar-refractivity contribution is -0.137. The number of aliphatic carboxylic acids is 1. The third kappa shape index (κ3) is 7.97. The van der Waals surface area contributed by atoms with Crippen molar-refractivity contribution in [3.8, 4) is 11.5 Å². The van der Waals surface area contributed by atoms with Crippen molar-refractivity contribution >= 4 is 34.7 Å². The second kappa shape index (κ2) is 15.8. The van der Waals surface area contributed by atoms with E-state index in [1.165, 1.54) is 30.0 Å². The number of carbonyl (C=O) groups is 3. The summed E-state index contributed by atoms with van der Waals surface area (Å²) >= 11 is 0. The number of amides is 2. The number of rotatable bonds is 10. The Kier molecular flexibility index (Phi) is 12.0. The van der Waals surface area contributed by atoms with Crippen LogP contribution in [0.15, 0.2) is 23.0 Å². The lowest BCUT2D eigenvalue weighted by Crippen LogP contribution is -2.50. The Bertz CT molecular complexity index is 1770. The van der Waals surface area contributed by atoms with E-state index in [-0.39, 0.29) is 60.5 Å². The average Bonchev–Trinajstić information content (AvgIpc) is 3.43. The minimum atomic E-state index is -0.972. The lowest BCUT2D eigenvalue weighted by Gasteiger charge is -2.37. The van der Waals surface area contributed by atoms with Gasteiger partial charge in [0.25, 0.3) is 11.5 Å². The van der Waals surface area contributed by atoms with Crippen molar-refractivity contribution in [2.45, 2.75) is 79.5 Å². The largest absolute Gasteiger partial charge is 0.493 e. The summed E-state index contributed by atoms with van der Waals surface area (Å²) < 4.78 is 34.5. The van der Waals surface area contributed by atoms with E-state index in [4.69, 9.17) is 24.4 Å². The van der Waals surface area contributed by atoms with Crippen LogP contribution in [-0.4, -0.2) is 106 Å². The number of likely N-dealkylation sites (N-methyl/N-ethyl adjacent to an activating group) is 1. The standard InChI is InChI=1S/C33H43FN6O8.C2H6/c1-7-36-18-20(2)40-26-25(28(46-6)27(40)31(36)44)30(43)39(19-21-10-11-22(34)17-23(21)47-16-8-9-24(41)42)35-29(26)37-12-14-38(15-13-37)32(45)48-33(3,4)5;1-2/h10-11,17,20H,7-9,12-16,18-19H2,1-6H3,(H,41,42);1-2H3/t20-;/m0./s1. The van der Waals surface area contributed by atoms with Gasteiger partial charge in [0, 0.05) is 63.4 Å². The van der Waals surface area contributed by atoms with Gasteiger partial charge in [-0.3, -0.25) is 14.4 Å². The summed E-state index contributed by atoms with van der Waals surface area (Å²) in [5, 5.41) is 14.0. The number of carboxylic acid groups (broad SMARTS) is 1. The number of halogens is 1. The molecule has 0 saturated carbocycles. The fourth-order valence-electron chi connectivity index (χ4n) is 6.18. The van der Waals surface area contributed by atoms with Gasteiger partial charge in [-0.25, -0.2) is 13.9 Å². The Labute approximate surface area is 291 Å². The van der Waals surface area contributed by atoms with Crippen LogP contribution in [0.3, 0.4) is 0 Å². The van der Waals surface area contributed by atoms with E-state index < -0.39 is 29.0 Å². The maximum absolute atomic E-state index is 14.3. The first-order chi connectivity index (χ1) is 23.7. The highest BCUT2D eigenvalue weighted by Gasteiger charge is 2.39. The van der Waals surface area contributed by atoms with Crippen LogP contribution in [0.1, 0.15) is 83.4 Å². The zero-order valence-corrected chi connectivity index (χ0v) is 30.2. The molecule has 5 rings (SSSR count). The summed E-state index contributed by atoms with van der Waals surface area (Å²) in [5.41, 5.74) is 0.0278. The van der Waals surface area contributed by atoms with Crippen molar-refractivity contribution in [1.29, 1.82) is 0 Å². The highest BCUT2D eigenvalue weighted by atomic mass is 19.1. The zero-order valence-electron chi connectivity index (χ0n) is 30.2. The number of nitrogens with zero attached hydrogens (tertiary/aromatic N) is 6. The molecule has 14 nitrogen and oxygen atoms in total. The molecule has 1 aromatic carbocycles. The minimum absolute atomic E-state index is 0.0330. The zero-order chi connectivity index (χ0) is 36.9. The van der Waals surface area contributed by atoms with E-state index in [9.17, 15) is 23.6 Å². The Balaban J connectivity index is 0.00000276. The molecule has 1 saturated heterocycles. The van der Waals surface area contributed by atoms with Crippen LogP contribution in [0.5, 0.6) is 11.5 Å². The molecule has 2 aromatic heterocycles. The number of anilines is 1. The third-order valence-electron chi connectivity index (χ3n) is 8.41. The second-order valence-electron chi connectivity index (χ2n) is 13.0. The van der Waals surface area contributed by atoms with Gasteiger partial charge in [-0.15, -0.1) is 5.10 Å². The van der Waals surface area contributed by atoms with Crippen LogP contribution in [0.4, 0.5) is 15.0 Å². The molecule has 2 aliphatic rings. The molecule has 1 N–H and O–H groups in total. The quantitative estimate of drug-likeness (QED) is 0.294. The van der Waals surface area contributed by atoms with E-state index in [1.54, 1.807) is 9.80 Å². The summed E-state index contributed by atoms with van der Waals surface area (Å²) in [6.45, 7) is 15.6. The molecule has 0 bridgehead atoms. The van der Waals surface area contributed by atoms with Crippen molar-refractivity contribution in [2.75, 3.05) is 57.9 Å². The number of hydrogen-bond donors (Lipinski definition) is 1. The smallest absolute Gasteiger partial charge is 0.410 e. The van der Waals surface area contributed by atoms with Crippen LogP contribution in [0.2, 0.25) is 0 Å². The molecule has 0 radical (unpaired) electrons. The number of piperazine rings is 1. The number of benzene rings is 1.